The molecule has 0 unspecified atom stereocenters. The molecule has 32 heavy (non-hydrogen) atoms. The second kappa shape index (κ2) is 7.81. The van der Waals surface area contributed by atoms with Gasteiger partial charge in [0.1, 0.15) is 11.2 Å². The molecule has 1 amide bonds. The van der Waals surface area contributed by atoms with Crippen molar-refractivity contribution >= 4 is 33.1 Å². The summed E-state index contributed by atoms with van der Waals surface area (Å²) in [4.78, 5) is 24.1. The van der Waals surface area contributed by atoms with Crippen LogP contribution in [0.25, 0.3) is 5.78 Å². The monoisotopic (exact) mass is 473 g/mol. The van der Waals surface area contributed by atoms with Crippen LogP contribution in [0, 0.1) is 0 Å². The Morgan fingerprint density at radius 2 is 1.91 bits per heavy atom. The van der Waals surface area contributed by atoms with Crippen LogP contribution in [0.5, 0.6) is 0 Å². The van der Waals surface area contributed by atoms with E-state index < -0.39 is 15.3 Å². The highest BCUT2D eigenvalue weighted by Crippen LogP contribution is 2.46. The van der Waals surface area contributed by atoms with Gasteiger partial charge in [-0.05, 0) is 43.4 Å². The average molecular weight is 474 g/mol. The zero-order valence-electron chi connectivity index (χ0n) is 17.7. The van der Waals surface area contributed by atoms with E-state index in [2.05, 4.69) is 15.1 Å². The summed E-state index contributed by atoms with van der Waals surface area (Å²) in [5.41, 5.74) is 1.04. The maximum Gasteiger partial charge on any atom is 0.252 e. The molecule has 5 rings (SSSR count). The van der Waals surface area contributed by atoms with Gasteiger partial charge in [-0.2, -0.15) is 14.6 Å². The summed E-state index contributed by atoms with van der Waals surface area (Å²) in [6, 6.07) is 7.56. The van der Waals surface area contributed by atoms with Crippen molar-refractivity contribution in [2.24, 2.45) is 0 Å². The third-order valence-corrected chi connectivity index (χ3v) is 8.18. The van der Waals surface area contributed by atoms with E-state index in [0.29, 0.717) is 29.6 Å². The van der Waals surface area contributed by atoms with Gasteiger partial charge in [0.15, 0.2) is 9.84 Å². The van der Waals surface area contributed by atoms with E-state index in [1.807, 2.05) is 29.2 Å². The number of hydrogen-bond acceptors (Lipinski definition) is 6. The highest BCUT2D eigenvalue weighted by molar-refractivity contribution is 7.90. The van der Waals surface area contributed by atoms with Gasteiger partial charge in [-0.3, -0.25) is 4.79 Å². The number of rotatable bonds is 4. The van der Waals surface area contributed by atoms with Crippen LogP contribution in [0.4, 0.5) is 0 Å². The van der Waals surface area contributed by atoms with Gasteiger partial charge < -0.3 is 4.90 Å². The van der Waals surface area contributed by atoms with Crippen LogP contribution < -0.4 is 0 Å². The van der Waals surface area contributed by atoms with Gasteiger partial charge in [0.2, 0.25) is 5.91 Å². The zero-order chi connectivity index (χ0) is 22.5. The molecule has 8 nitrogen and oxygen atoms in total. The quantitative estimate of drug-likeness (QED) is 0.577. The lowest BCUT2D eigenvalue weighted by Gasteiger charge is -2.46. The maximum absolute atomic E-state index is 13.8. The fraction of sp³-hybridized carbons (Fsp3) is 0.455. The van der Waals surface area contributed by atoms with E-state index in [1.165, 1.54) is 23.3 Å². The molecule has 2 aliphatic rings. The van der Waals surface area contributed by atoms with Crippen LogP contribution in [0.3, 0.4) is 0 Å². The molecule has 1 atom stereocenters. The van der Waals surface area contributed by atoms with Crippen molar-refractivity contribution in [1.29, 1.82) is 0 Å². The van der Waals surface area contributed by atoms with Crippen molar-refractivity contribution in [2.45, 2.75) is 48.3 Å². The molecule has 1 saturated carbocycles. The number of nitrogens with zero attached hydrogens (tertiary/aromatic N) is 5. The molecular weight excluding hydrogens is 450 g/mol. The van der Waals surface area contributed by atoms with Crippen molar-refractivity contribution < 1.29 is 13.2 Å². The summed E-state index contributed by atoms with van der Waals surface area (Å²) >= 11 is 6.07. The SMILES string of the molecule is CS(=O)(=O)c1cnc2ncnn2c1[C@H]1CCCN(C(=O)C2(c3ccc(Cl)cc3)CCC2)C1. The average Bonchev–Trinajstić information content (AvgIpc) is 3.22. The Morgan fingerprint density at radius 3 is 2.56 bits per heavy atom. The molecule has 2 aromatic heterocycles. The third kappa shape index (κ3) is 3.47. The summed E-state index contributed by atoms with van der Waals surface area (Å²) < 4.78 is 26.5. The van der Waals surface area contributed by atoms with Crippen molar-refractivity contribution in [1.82, 2.24) is 24.5 Å². The van der Waals surface area contributed by atoms with Gasteiger partial charge in [-0.1, -0.05) is 30.2 Å². The molecule has 1 aliphatic carbocycles. The number of sulfone groups is 1. The molecule has 0 bridgehead atoms. The van der Waals surface area contributed by atoms with E-state index in [4.69, 9.17) is 11.6 Å². The number of benzene rings is 1. The molecule has 0 radical (unpaired) electrons. The Balaban J connectivity index is 1.50. The first-order valence-corrected chi connectivity index (χ1v) is 13.0. The van der Waals surface area contributed by atoms with Gasteiger partial charge in [0.05, 0.1) is 17.3 Å². The zero-order valence-corrected chi connectivity index (χ0v) is 19.3. The summed E-state index contributed by atoms with van der Waals surface area (Å²) in [6.45, 7) is 1.10. The normalized spacial score (nSPS) is 20.8. The minimum atomic E-state index is -3.53. The maximum atomic E-state index is 13.8. The number of piperidine rings is 1. The first-order valence-electron chi connectivity index (χ1n) is 10.7. The van der Waals surface area contributed by atoms with Crippen LogP contribution in [0.1, 0.15) is 49.3 Å². The first kappa shape index (κ1) is 21.3. The second-order valence-electron chi connectivity index (χ2n) is 8.78. The Morgan fingerprint density at radius 1 is 1.16 bits per heavy atom. The fourth-order valence-corrected chi connectivity index (χ4v) is 6.06. The van der Waals surface area contributed by atoms with Crippen LogP contribution in [-0.2, 0) is 20.0 Å². The number of carbonyl (C=O) groups is 1. The number of aromatic nitrogens is 4. The Bertz CT molecular complexity index is 1280. The number of carbonyl (C=O) groups excluding carboxylic acids is 1. The largest absolute Gasteiger partial charge is 0.341 e. The topological polar surface area (TPSA) is 97.5 Å². The second-order valence-corrected chi connectivity index (χ2v) is 11.2. The van der Waals surface area contributed by atoms with Crippen molar-refractivity contribution in [3.05, 3.63) is 53.1 Å². The standard InChI is InChI=1S/C22H24ClN5O3S/c1-32(30,31)18-12-24-21-25-14-26-28(21)19(18)15-4-2-11-27(13-15)20(29)22(9-3-10-22)16-5-7-17(23)8-6-16/h5-8,12,14-15H,2-4,9-11,13H2,1H3/t15-/m0/s1. The van der Waals surface area contributed by atoms with Crippen LogP contribution in [0.2, 0.25) is 5.02 Å². The van der Waals surface area contributed by atoms with Crippen molar-refractivity contribution in [3.8, 4) is 0 Å². The Hall–Kier alpha value is -2.52. The molecule has 3 heterocycles. The van der Waals surface area contributed by atoms with Crippen LogP contribution >= 0.6 is 11.6 Å². The van der Waals surface area contributed by atoms with Gasteiger partial charge in [0.25, 0.3) is 5.78 Å². The predicted octanol–water partition coefficient (Wildman–Crippen LogP) is 3.01. The molecule has 1 aromatic carbocycles. The smallest absolute Gasteiger partial charge is 0.252 e. The molecule has 0 spiro atoms. The van der Waals surface area contributed by atoms with E-state index in [-0.39, 0.29) is 16.7 Å². The molecule has 2 fully saturated rings. The molecule has 1 aliphatic heterocycles. The Labute approximate surface area is 191 Å². The summed E-state index contributed by atoms with van der Waals surface area (Å²) in [6.07, 6.45) is 8.08. The molecule has 10 heteroatoms. The number of amides is 1. The lowest BCUT2D eigenvalue weighted by Crippen LogP contribution is -2.53. The molecule has 3 aromatic rings. The van der Waals surface area contributed by atoms with E-state index in [1.54, 1.807) is 0 Å². The molecule has 0 N–H and O–H groups in total. The van der Waals surface area contributed by atoms with Gasteiger partial charge in [0, 0.05) is 30.3 Å². The molecule has 168 valence electrons. The highest BCUT2D eigenvalue weighted by atomic mass is 35.5. The summed E-state index contributed by atoms with van der Waals surface area (Å²) in [5.74, 6) is 0.292. The number of halogens is 1. The fourth-order valence-electron chi connectivity index (χ4n) is 5.05. The Kier molecular flexibility index (Phi) is 5.21. The number of likely N-dealkylation sites (tertiary alicyclic amines) is 1. The van der Waals surface area contributed by atoms with E-state index in [0.717, 1.165) is 37.7 Å². The van der Waals surface area contributed by atoms with Gasteiger partial charge >= 0.3 is 0 Å². The number of fused-ring (bicyclic) bond motifs is 1. The van der Waals surface area contributed by atoms with Crippen LogP contribution in [-0.4, -0.2) is 58.2 Å². The highest BCUT2D eigenvalue weighted by Gasteiger charge is 2.48. The van der Waals surface area contributed by atoms with Gasteiger partial charge in [-0.15, -0.1) is 0 Å². The minimum absolute atomic E-state index is 0.112. The minimum Gasteiger partial charge on any atom is -0.341 e. The predicted molar refractivity (Wildman–Crippen MR) is 119 cm³/mol. The van der Waals surface area contributed by atoms with Crippen LogP contribution in [0.15, 0.2) is 41.7 Å². The van der Waals surface area contributed by atoms with Gasteiger partial charge in [-0.25, -0.2) is 13.4 Å². The summed E-state index contributed by atoms with van der Waals surface area (Å²) in [7, 11) is -3.53. The number of hydrogen-bond donors (Lipinski definition) is 0. The van der Waals surface area contributed by atoms with Crippen molar-refractivity contribution in [3.63, 3.8) is 0 Å². The lowest BCUT2D eigenvalue weighted by atomic mass is 9.63. The van der Waals surface area contributed by atoms with E-state index in [9.17, 15) is 13.2 Å². The first-order chi connectivity index (χ1) is 15.3. The van der Waals surface area contributed by atoms with Crippen molar-refractivity contribution in [2.75, 3.05) is 19.3 Å². The third-order valence-electron chi connectivity index (χ3n) is 6.82. The lowest BCUT2D eigenvalue weighted by molar-refractivity contribution is -0.142. The van der Waals surface area contributed by atoms with E-state index >= 15 is 0 Å². The molecular formula is C22H24ClN5O3S. The molecule has 1 saturated heterocycles. The summed E-state index contributed by atoms with van der Waals surface area (Å²) in [5, 5.41) is 4.88.